The van der Waals surface area contributed by atoms with E-state index in [1.165, 1.54) is 0 Å². The van der Waals surface area contributed by atoms with Gasteiger partial charge in [-0.15, -0.1) is 0 Å². The van der Waals surface area contributed by atoms with E-state index in [0.717, 1.165) is 46.9 Å². The molecule has 126 valence electrons. The Labute approximate surface area is 152 Å². The Morgan fingerprint density at radius 2 is 2.00 bits per heavy atom. The molecular weight excluding hydrogens is 384 g/mol. The summed E-state index contributed by atoms with van der Waals surface area (Å²) in [6.45, 7) is 0. The van der Waals surface area contributed by atoms with E-state index >= 15 is 0 Å². The molecule has 0 aromatic carbocycles. The van der Waals surface area contributed by atoms with Crippen LogP contribution in [0.2, 0.25) is 0 Å². The van der Waals surface area contributed by atoms with Crippen molar-refractivity contribution in [3.8, 4) is 0 Å². The number of pyridine rings is 2. The summed E-state index contributed by atoms with van der Waals surface area (Å²) in [6, 6.07) is 5.50. The normalized spacial score (nSPS) is 17.0. The highest BCUT2D eigenvalue weighted by molar-refractivity contribution is 9.10. The SMILES string of the molecule is O=C(Nc1ccc(Br)cn1)c1cc(C2CC2)nc2onc(C3CC3)c12. The first kappa shape index (κ1) is 15.0. The van der Waals surface area contributed by atoms with E-state index in [-0.39, 0.29) is 5.91 Å². The highest BCUT2D eigenvalue weighted by atomic mass is 79.9. The zero-order valence-corrected chi connectivity index (χ0v) is 14.9. The van der Waals surface area contributed by atoms with Gasteiger partial charge in [0.05, 0.1) is 16.6 Å². The molecule has 0 atom stereocenters. The number of anilines is 1. The van der Waals surface area contributed by atoms with Crippen LogP contribution in [0.4, 0.5) is 5.82 Å². The quantitative estimate of drug-likeness (QED) is 0.704. The van der Waals surface area contributed by atoms with Crippen LogP contribution in [0.5, 0.6) is 0 Å². The van der Waals surface area contributed by atoms with Gasteiger partial charge < -0.3 is 9.84 Å². The summed E-state index contributed by atoms with van der Waals surface area (Å²) in [5.74, 6) is 1.12. The molecule has 3 aromatic heterocycles. The fourth-order valence-electron chi connectivity index (χ4n) is 3.03. The minimum absolute atomic E-state index is 0.200. The molecular formula is C18H15BrN4O2. The number of carbonyl (C=O) groups is 1. The van der Waals surface area contributed by atoms with Gasteiger partial charge >= 0.3 is 0 Å². The van der Waals surface area contributed by atoms with E-state index in [1.807, 2.05) is 12.1 Å². The molecule has 5 rings (SSSR count). The van der Waals surface area contributed by atoms with Crippen molar-refractivity contribution in [1.82, 2.24) is 15.1 Å². The topological polar surface area (TPSA) is 80.9 Å². The lowest BCUT2D eigenvalue weighted by atomic mass is 10.1. The third kappa shape index (κ3) is 2.82. The molecule has 6 nitrogen and oxygen atoms in total. The minimum atomic E-state index is -0.200. The van der Waals surface area contributed by atoms with Crippen LogP contribution in [-0.2, 0) is 0 Å². The average molecular weight is 399 g/mol. The second-order valence-electron chi connectivity index (χ2n) is 6.71. The Morgan fingerprint density at radius 3 is 2.68 bits per heavy atom. The first-order valence-corrected chi connectivity index (χ1v) is 9.21. The number of nitrogens with one attached hydrogen (secondary N) is 1. The van der Waals surface area contributed by atoms with Gasteiger partial charge in [0.15, 0.2) is 0 Å². The maximum atomic E-state index is 12.9. The third-order valence-corrected chi connectivity index (χ3v) is 5.14. The first-order valence-electron chi connectivity index (χ1n) is 8.42. The molecule has 0 saturated heterocycles. The maximum Gasteiger partial charge on any atom is 0.259 e. The fraction of sp³-hybridized carbons (Fsp3) is 0.333. The Bertz CT molecular complexity index is 975. The van der Waals surface area contributed by atoms with Gasteiger partial charge in [-0.1, -0.05) is 5.16 Å². The van der Waals surface area contributed by atoms with E-state index in [4.69, 9.17) is 4.52 Å². The fourth-order valence-corrected chi connectivity index (χ4v) is 3.26. The van der Waals surface area contributed by atoms with Gasteiger partial charge in [0.2, 0.25) is 0 Å². The van der Waals surface area contributed by atoms with Gasteiger partial charge in [0, 0.05) is 28.2 Å². The molecule has 2 aliphatic carbocycles. The lowest BCUT2D eigenvalue weighted by Crippen LogP contribution is -2.14. The number of hydrogen-bond acceptors (Lipinski definition) is 5. The van der Waals surface area contributed by atoms with Crippen molar-refractivity contribution >= 4 is 38.8 Å². The van der Waals surface area contributed by atoms with E-state index in [0.29, 0.717) is 28.9 Å². The summed E-state index contributed by atoms with van der Waals surface area (Å²) >= 11 is 3.34. The van der Waals surface area contributed by atoms with Gasteiger partial charge in [-0.2, -0.15) is 0 Å². The van der Waals surface area contributed by atoms with Crippen LogP contribution < -0.4 is 5.32 Å². The molecule has 25 heavy (non-hydrogen) atoms. The Kier molecular flexibility index (Phi) is 3.38. The Hall–Kier alpha value is -2.28. The van der Waals surface area contributed by atoms with Crippen molar-refractivity contribution in [1.29, 1.82) is 0 Å². The maximum absolute atomic E-state index is 12.9. The largest absolute Gasteiger partial charge is 0.335 e. The smallest absolute Gasteiger partial charge is 0.259 e. The summed E-state index contributed by atoms with van der Waals surface area (Å²) in [7, 11) is 0. The van der Waals surface area contributed by atoms with Crippen molar-refractivity contribution in [2.24, 2.45) is 0 Å². The van der Waals surface area contributed by atoms with Crippen LogP contribution in [0, 0.1) is 0 Å². The predicted octanol–water partition coefficient (Wildman–Crippen LogP) is 4.39. The highest BCUT2D eigenvalue weighted by Crippen LogP contribution is 2.45. The summed E-state index contributed by atoms with van der Waals surface area (Å²) in [4.78, 5) is 21.8. The number of carbonyl (C=O) groups excluding carboxylic acids is 1. The molecule has 3 heterocycles. The summed E-state index contributed by atoms with van der Waals surface area (Å²) < 4.78 is 6.33. The molecule has 1 N–H and O–H groups in total. The molecule has 2 aliphatic rings. The zero-order valence-electron chi connectivity index (χ0n) is 13.3. The second kappa shape index (κ2) is 5.62. The Morgan fingerprint density at radius 1 is 1.20 bits per heavy atom. The lowest BCUT2D eigenvalue weighted by Gasteiger charge is -2.08. The van der Waals surface area contributed by atoms with Gasteiger partial charge in [-0.05, 0) is 59.8 Å². The van der Waals surface area contributed by atoms with Gasteiger partial charge in [0.25, 0.3) is 11.6 Å². The van der Waals surface area contributed by atoms with Crippen molar-refractivity contribution in [2.45, 2.75) is 37.5 Å². The number of aromatic nitrogens is 3. The van der Waals surface area contributed by atoms with Gasteiger partial charge in [-0.3, -0.25) is 4.79 Å². The van der Waals surface area contributed by atoms with E-state index in [2.05, 4.69) is 36.4 Å². The van der Waals surface area contributed by atoms with E-state index in [9.17, 15) is 4.79 Å². The van der Waals surface area contributed by atoms with Crippen LogP contribution in [0.15, 0.2) is 33.4 Å². The van der Waals surface area contributed by atoms with Crippen molar-refractivity contribution in [2.75, 3.05) is 5.32 Å². The highest BCUT2D eigenvalue weighted by Gasteiger charge is 2.34. The minimum Gasteiger partial charge on any atom is -0.335 e. The molecule has 0 bridgehead atoms. The van der Waals surface area contributed by atoms with Crippen LogP contribution in [0.3, 0.4) is 0 Å². The molecule has 7 heteroatoms. The molecule has 1 amide bonds. The molecule has 2 fully saturated rings. The average Bonchev–Trinajstić information content (AvgIpc) is 3.53. The summed E-state index contributed by atoms with van der Waals surface area (Å²) in [5.41, 5.74) is 2.83. The second-order valence-corrected chi connectivity index (χ2v) is 7.62. The summed E-state index contributed by atoms with van der Waals surface area (Å²) in [6.07, 6.45) is 6.04. The van der Waals surface area contributed by atoms with Crippen LogP contribution >= 0.6 is 15.9 Å². The van der Waals surface area contributed by atoms with Crippen molar-refractivity contribution in [3.63, 3.8) is 0 Å². The number of rotatable bonds is 4. The van der Waals surface area contributed by atoms with E-state index < -0.39 is 0 Å². The molecule has 0 unspecified atom stereocenters. The van der Waals surface area contributed by atoms with Crippen molar-refractivity contribution in [3.05, 3.63) is 45.8 Å². The molecule has 0 radical (unpaired) electrons. The molecule has 2 saturated carbocycles. The Balaban J connectivity index is 1.58. The zero-order chi connectivity index (χ0) is 17.0. The predicted molar refractivity (Wildman–Crippen MR) is 95.6 cm³/mol. The van der Waals surface area contributed by atoms with E-state index in [1.54, 1.807) is 12.3 Å². The van der Waals surface area contributed by atoms with Gasteiger partial charge in [0.1, 0.15) is 5.82 Å². The monoisotopic (exact) mass is 398 g/mol. The van der Waals surface area contributed by atoms with Gasteiger partial charge in [-0.25, -0.2) is 9.97 Å². The lowest BCUT2D eigenvalue weighted by molar-refractivity contribution is 0.102. The summed E-state index contributed by atoms with van der Waals surface area (Å²) in [5, 5.41) is 7.82. The van der Waals surface area contributed by atoms with Crippen molar-refractivity contribution < 1.29 is 9.32 Å². The number of hydrogen-bond donors (Lipinski definition) is 1. The molecule has 0 aliphatic heterocycles. The van der Waals surface area contributed by atoms with Crippen LogP contribution in [0.25, 0.3) is 11.1 Å². The number of halogens is 1. The number of nitrogens with zero attached hydrogens (tertiary/aromatic N) is 3. The molecule has 3 aromatic rings. The first-order chi connectivity index (χ1) is 12.2. The standard InChI is InChI=1S/C18H15BrN4O2/c19-11-5-6-14(20-8-11)22-17(24)12-7-13(9-1-2-9)21-18-15(12)16(23-25-18)10-3-4-10/h5-10H,1-4H2,(H,20,22,24). The van der Waals surface area contributed by atoms with Crippen LogP contribution in [0.1, 0.15) is 59.3 Å². The third-order valence-electron chi connectivity index (χ3n) is 4.67. The number of fused-ring (bicyclic) bond motifs is 1. The van der Waals surface area contributed by atoms with Crippen LogP contribution in [-0.4, -0.2) is 21.0 Å². The number of amides is 1. The molecule has 0 spiro atoms.